The molecule has 1 aliphatic rings. The average Bonchev–Trinajstić information content (AvgIpc) is 2.57. The SMILES string of the molecule is CC1(C)CCC(COc2c(N)cccc2Br)O1. The van der Waals surface area contributed by atoms with Gasteiger partial charge in [-0.2, -0.15) is 0 Å². The van der Waals surface area contributed by atoms with Crippen molar-refractivity contribution in [1.29, 1.82) is 0 Å². The molecule has 3 nitrogen and oxygen atoms in total. The number of ether oxygens (including phenoxy) is 2. The van der Waals surface area contributed by atoms with Crippen molar-refractivity contribution in [1.82, 2.24) is 0 Å². The van der Waals surface area contributed by atoms with E-state index in [2.05, 4.69) is 29.8 Å². The second kappa shape index (κ2) is 4.86. The monoisotopic (exact) mass is 299 g/mol. The molecule has 1 aliphatic heterocycles. The van der Waals surface area contributed by atoms with Crippen molar-refractivity contribution in [3.8, 4) is 5.75 Å². The van der Waals surface area contributed by atoms with Crippen LogP contribution in [0.1, 0.15) is 26.7 Å². The van der Waals surface area contributed by atoms with Gasteiger partial charge in [0.1, 0.15) is 6.61 Å². The summed E-state index contributed by atoms with van der Waals surface area (Å²) in [5.41, 5.74) is 6.49. The molecule has 0 aromatic heterocycles. The summed E-state index contributed by atoms with van der Waals surface area (Å²) in [6.07, 6.45) is 2.28. The van der Waals surface area contributed by atoms with Gasteiger partial charge in [0.2, 0.25) is 0 Å². The summed E-state index contributed by atoms with van der Waals surface area (Å²) in [7, 11) is 0. The van der Waals surface area contributed by atoms with E-state index < -0.39 is 0 Å². The van der Waals surface area contributed by atoms with Crippen molar-refractivity contribution in [3.63, 3.8) is 0 Å². The first kappa shape index (κ1) is 12.7. The molecule has 1 saturated heterocycles. The molecule has 1 atom stereocenters. The smallest absolute Gasteiger partial charge is 0.156 e. The molecule has 4 heteroatoms. The Bertz CT molecular complexity index is 386. The second-order valence-electron chi connectivity index (χ2n) is 5.01. The highest BCUT2D eigenvalue weighted by Gasteiger charge is 2.32. The Kier molecular flexibility index (Phi) is 3.64. The maximum Gasteiger partial charge on any atom is 0.156 e. The summed E-state index contributed by atoms with van der Waals surface area (Å²) in [4.78, 5) is 0. The zero-order chi connectivity index (χ0) is 12.5. The van der Waals surface area contributed by atoms with Crippen molar-refractivity contribution in [3.05, 3.63) is 22.7 Å². The molecule has 0 saturated carbocycles. The molecular formula is C13H18BrNO2. The first-order valence-electron chi connectivity index (χ1n) is 5.82. The van der Waals surface area contributed by atoms with Gasteiger partial charge >= 0.3 is 0 Å². The van der Waals surface area contributed by atoms with E-state index in [-0.39, 0.29) is 11.7 Å². The number of para-hydroxylation sites is 1. The van der Waals surface area contributed by atoms with Gasteiger partial charge in [0, 0.05) is 0 Å². The Balaban J connectivity index is 1.95. The van der Waals surface area contributed by atoms with Crippen molar-refractivity contribution >= 4 is 21.6 Å². The van der Waals surface area contributed by atoms with E-state index >= 15 is 0 Å². The normalized spacial score (nSPS) is 22.6. The first-order chi connectivity index (χ1) is 7.98. The van der Waals surface area contributed by atoms with Gasteiger partial charge in [-0.05, 0) is 54.8 Å². The molecule has 0 aliphatic carbocycles. The first-order valence-corrected chi connectivity index (χ1v) is 6.62. The van der Waals surface area contributed by atoms with Crippen LogP contribution in [-0.4, -0.2) is 18.3 Å². The Labute approximate surface area is 110 Å². The van der Waals surface area contributed by atoms with E-state index in [4.69, 9.17) is 15.2 Å². The molecule has 1 heterocycles. The van der Waals surface area contributed by atoms with E-state index in [0.717, 1.165) is 17.3 Å². The molecule has 1 unspecified atom stereocenters. The molecular weight excluding hydrogens is 282 g/mol. The minimum Gasteiger partial charge on any atom is -0.488 e. The van der Waals surface area contributed by atoms with E-state index in [9.17, 15) is 0 Å². The van der Waals surface area contributed by atoms with Crippen LogP contribution in [0.15, 0.2) is 22.7 Å². The largest absolute Gasteiger partial charge is 0.488 e. The van der Waals surface area contributed by atoms with Crippen molar-refractivity contribution in [2.24, 2.45) is 0 Å². The van der Waals surface area contributed by atoms with E-state index in [1.54, 1.807) is 0 Å². The molecule has 17 heavy (non-hydrogen) atoms. The average molecular weight is 300 g/mol. The van der Waals surface area contributed by atoms with Gasteiger partial charge in [-0.25, -0.2) is 0 Å². The van der Waals surface area contributed by atoms with Crippen LogP contribution in [0.25, 0.3) is 0 Å². The van der Waals surface area contributed by atoms with Crippen LogP contribution < -0.4 is 10.5 Å². The minimum atomic E-state index is -0.0203. The zero-order valence-electron chi connectivity index (χ0n) is 10.2. The number of hydrogen-bond acceptors (Lipinski definition) is 3. The van der Waals surface area contributed by atoms with E-state index in [1.165, 1.54) is 0 Å². The van der Waals surface area contributed by atoms with Gasteiger partial charge < -0.3 is 15.2 Å². The Morgan fingerprint density at radius 3 is 2.88 bits per heavy atom. The van der Waals surface area contributed by atoms with E-state index in [1.807, 2.05) is 18.2 Å². The predicted octanol–water partition coefficient (Wildman–Crippen LogP) is 3.37. The number of benzene rings is 1. The number of halogens is 1. The molecule has 1 aromatic rings. The van der Waals surface area contributed by atoms with Crippen molar-refractivity contribution < 1.29 is 9.47 Å². The van der Waals surface area contributed by atoms with Crippen molar-refractivity contribution in [2.75, 3.05) is 12.3 Å². The van der Waals surface area contributed by atoms with Crippen LogP contribution in [0.2, 0.25) is 0 Å². The standard InChI is InChI=1S/C13H18BrNO2/c1-13(2)7-6-9(17-13)8-16-12-10(14)4-3-5-11(12)15/h3-5,9H,6-8,15H2,1-2H3. The molecule has 2 N–H and O–H groups in total. The fraction of sp³-hybridized carbons (Fsp3) is 0.538. The lowest BCUT2D eigenvalue weighted by molar-refractivity contribution is -0.0326. The third-order valence-corrected chi connectivity index (χ3v) is 3.59. The van der Waals surface area contributed by atoms with Gasteiger partial charge in [-0.1, -0.05) is 6.07 Å². The van der Waals surface area contributed by atoms with Crippen LogP contribution in [0.4, 0.5) is 5.69 Å². The van der Waals surface area contributed by atoms with E-state index in [0.29, 0.717) is 18.0 Å². The number of hydrogen-bond donors (Lipinski definition) is 1. The Hall–Kier alpha value is -0.740. The van der Waals surface area contributed by atoms with Crippen LogP contribution >= 0.6 is 15.9 Å². The van der Waals surface area contributed by atoms with Crippen molar-refractivity contribution in [2.45, 2.75) is 38.4 Å². The second-order valence-corrected chi connectivity index (χ2v) is 5.86. The molecule has 0 bridgehead atoms. The fourth-order valence-corrected chi connectivity index (χ4v) is 2.55. The highest BCUT2D eigenvalue weighted by Crippen LogP contribution is 2.33. The lowest BCUT2D eigenvalue weighted by Crippen LogP contribution is -2.24. The summed E-state index contributed by atoms with van der Waals surface area (Å²) in [6, 6.07) is 5.64. The van der Waals surface area contributed by atoms with Gasteiger partial charge in [-0.3, -0.25) is 0 Å². The Morgan fingerprint density at radius 1 is 1.53 bits per heavy atom. The van der Waals surface area contributed by atoms with Gasteiger partial charge in [0.15, 0.2) is 5.75 Å². The molecule has 0 radical (unpaired) electrons. The van der Waals surface area contributed by atoms with Gasteiger partial charge in [0.05, 0.1) is 21.9 Å². The molecule has 1 fully saturated rings. The number of rotatable bonds is 3. The number of nitrogens with two attached hydrogens (primary N) is 1. The number of nitrogen functional groups attached to an aromatic ring is 1. The lowest BCUT2D eigenvalue weighted by atomic mass is 10.1. The lowest BCUT2D eigenvalue weighted by Gasteiger charge is -2.20. The summed E-state index contributed by atoms with van der Waals surface area (Å²) in [6.45, 7) is 4.77. The van der Waals surface area contributed by atoms with Crippen LogP contribution in [0.3, 0.4) is 0 Å². The summed E-state index contributed by atoms with van der Waals surface area (Å²) in [5.74, 6) is 0.709. The molecule has 2 rings (SSSR count). The van der Waals surface area contributed by atoms with Crippen LogP contribution in [0.5, 0.6) is 5.75 Å². The molecule has 1 aromatic carbocycles. The minimum absolute atomic E-state index is 0.0203. The van der Waals surface area contributed by atoms with Gasteiger partial charge in [0.25, 0.3) is 0 Å². The van der Waals surface area contributed by atoms with Crippen LogP contribution in [0, 0.1) is 0 Å². The highest BCUT2D eigenvalue weighted by molar-refractivity contribution is 9.10. The third-order valence-electron chi connectivity index (χ3n) is 2.97. The third kappa shape index (κ3) is 3.13. The predicted molar refractivity (Wildman–Crippen MR) is 72.2 cm³/mol. The fourth-order valence-electron chi connectivity index (χ4n) is 2.05. The summed E-state index contributed by atoms with van der Waals surface area (Å²) >= 11 is 3.43. The highest BCUT2D eigenvalue weighted by atomic mass is 79.9. The molecule has 0 amide bonds. The Morgan fingerprint density at radius 2 is 2.29 bits per heavy atom. The maximum atomic E-state index is 5.87. The maximum absolute atomic E-state index is 5.87. The van der Waals surface area contributed by atoms with Gasteiger partial charge in [-0.15, -0.1) is 0 Å². The summed E-state index contributed by atoms with van der Waals surface area (Å²) in [5, 5.41) is 0. The number of anilines is 1. The zero-order valence-corrected chi connectivity index (χ0v) is 11.8. The summed E-state index contributed by atoms with van der Waals surface area (Å²) < 4.78 is 12.5. The van der Waals surface area contributed by atoms with Crippen LogP contribution in [-0.2, 0) is 4.74 Å². The molecule has 94 valence electrons. The topological polar surface area (TPSA) is 44.5 Å². The molecule has 0 spiro atoms. The quantitative estimate of drug-likeness (QED) is 0.870.